The van der Waals surface area contributed by atoms with E-state index in [1.54, 1.807) is 41.3 Å². The van der Waals surface area contributed by atoms with Crippen LogP contribution in [0.15, 0.2) is 42.7 Å². The lowest BCUT2D eigenvalue weighted by atomic mass is 10.2. The number of rotatable bonds is 3. The molecule has 4 nitrogen and oxygen atoms in total. The van der Waals surface area contributed by atoms with E-state index in [1.165, 1.54) is 6.08 Å². The van der Waals surface area contributed by atoms with E-state index in [2.05, 4.69) is 5.10 Å². The molecule has 0 aliphatic rings. The number of carboxylic acids is 1. The monoisotopic (exact) mass is 248 g/mol. The largest absolute Gasteiger partial charge is 0.478 e. The molecule has 0 spiro atoms. The third kappa shape index (κ3) is 2.73. The van der Waals surface area contributed by atoms with E-state index in [1.807, 2.05) is 0 Å². The maximum Gasteiger partial charge on any atom is 0.328 e. The van der Waals surface area contributed by atoms with E-state index >= 15 is 0 Å². The van der Waals surface area contributed by atoms with Gasteiger partial charge in [-0.2, -0.15) is 5.10 Å². The second-order valence-electron chi connectivity index (χ2n) is 3.33. The summed E-state index contributed by atoms with van der Waals surface area (Å²) in [5.74, 6) is -0.989. The van der Waals surface area contributed by atoms with Crippen molar-refractivity contribution < 1.29 is 9.90 Å². The second kappa shape index (κ2) is 4.84. The molecule has 0 aliphatic heterocycles. The minimum absolute atomic E-state index is 0.515. The highest BCUT2D eigenvalue weighted by atomic mass is 35.5. The van der Waals surface area contributed by atoms with Crippen LogP contribution in [0.3, 0.4) is 0 Å². The maximum absolute atomic E-state index is 10.4. The molecule has 17 heavy (non-hydrogen) atoms. The molecule has 1 aromatic carbocycles. The highest BCUT2D eigenvalue weighted by molar-refractivity contribution is 6.32. The van der Waals surface area contributed by atoms with Gasteiger partial charge in [-0.1, -0.05) is 17.7 Å². The van der Waals surface area contributed by atoms with Crippen molar-refractivity contribution in [2.75, 3.05) is 0 Å². The summed E-state index contributed by atoms with van der Waals surface area (Å²) in [5, 5.41) is 13.1. The number of aromatic nitrogens is 2. The van der Waals surface area contributed by atoms with Crippen molar-refractivity contribution >= 4 is 23.6 Å². The molecule has 0 saturated carbocycles. The lowest BCUT2D eigenvalue weighted by molar-refractivity contribution is -0.131. The molecule has 0 fully saturated rings. The van der Waals surface area contributed by atoms with Crippen LogP contribution in [0.5, 0.6) is 0 Å². The summed E-state index contributed by atoms with van der Waals surface area (Å²) < 4.78 is 1.65. The average Bonchev–Trinajstić information content (AvgIpc) is 2.79. The molecular weight excluding hydrogens is 240 g/mol. The highest BCUT2D eigenvalue weighted by Gasteiger charge is 2.03. The fourth-order valence-corrected chi connectivity index (χ4v) is 1.67. The Morgan fingerprint density at radius 2 is 2.29 bits per heavy atom. The Kier molecular flexibility index (Phi) is 3.25. The van der Waals surface area contributed by atoms with E-state index in [0.717, 1.165) is 17.3 Å². The van der Waals surface area contributed by atoms with Crippen LogP contribution in [0.1, 0.15) is 5.56 Å². The third-order valence-electron chi connectivity index (χ3n) is 2.14. The van der Waals surface area contributed by atoms with E-state index < -0.39 is 5.97 Å². The zero-order valence-electron chi connectivity index (χ0n) is 8.75. The fraction of sp³-hybridized carbons (Fsp3) is 0. The standard InChI is InChI=1S/C12H9ClN2O2/c13-10-8-9(3-5-12(16)17)2-4-11(10)15-7-1-6-14-15/h1-8H,(H,16,17)/b5-3+. The summed E-state index contributed by atoms with van der Waals surface area (Å²) >= 11 is 6.09. The van der Waals surface area contributed by atoms with Gasteiger partial charge in [0.1, 0.15) is 0 Å². The van der Waals surface area contributed by atoms with Gasteiger partial charge in [-0.3, -0.25) is 0 Å². The van der Waals surface area contributed by atoms with Crippen LogP contribution in [-0.2, 0) is 4.79 Å². The van der Waals surface area contributed by atoms with E-state index in [0.29, 0.717) is 5.02 Å². The number of hydrogen-bond donors (Lipinski definition) is 1. The Balaban J connectivity index is 2.32. The number of hydrogen-bond acceptors (Lipinski definition) is 2. The van der Waals surface area contributed by atoms with Gasteiger partial charge in [0, 0.05) is 18.5 Å². The van der Waals surface area contributed by atoms with Crippen LogP contribution in [-0.4, -0.2) is 20.9 Å². The topological polar surface area (TPSA) is 55.1 Å². The van der Waals surface area contributed by atoms with E-state index in [9.17, 15) is 4.79 Å². The van der Waals surface area contributed by atoms with Crippen molar-refractivity contribution in [3.05, 3.63) is 53.3 Å². The van der Waals surface area contributed by atoms with Gasteiger partial charge in [0.05, 0.1) is 10.7 Å². The van der Waals surface area contributed by atoms with Crippen LogP contribution in [0.2, 0.25) is 5.02 Å². The molecule has 1 N–H and O–H groups in total. The predicted molar refractivity (Wildman–Crippen MR) is 65.2 cm³/mol. The smallest absolute Gasteiger partial charge is 0.328 e. The van der Waals surface area contributed by atoms with Crippen molar-refractivity contribution in [1.29, 1.82) is 0 Å². The van der Waals surface area contributed by atoms with Crippen LogP contribution in [0, 0.1) is 0 Å². The van der Waals surface area contributed by atoms with Crippen molar-refractivity contribution in [3.8, 4) is 5.69 Å². The van der Waals surface area contributed by atoms with Gasteiger partial charge < -0.3 is 5.11 Å². The Morgan fingerprint density at radius 1 is 1.47 bits per heavy atom. The molecule has 0 atom stereocenters. The molecule has 0 radical (unpaired) electrons. The van der Waals surface area contributed by atoms with Crippen LogP contribution < -0.4 is 0 Å². The molecule has 1 heterocycles. The van der Waals surface area contributed by atoms with Crippen LogP contribution in [0.25, 0.3) is 11.8 Å². The number of halogens is 1. The first-order valence-corrected chi connectivity index (χ1v) is 5.25. The summed E-state index contributed by atoms with van der Waals surface area (Å²) in [6, 6.07) is 7.06. The zero-order chi connectivity index (χ0) is 12.3. The Bertz CT molecular complexity index is 562. The first-order valence-electron chi connectivity index (χ1n) is 4.87. The fourth-order valence-electron chi connectivity index (χ4n) is 1.39. The second-order valence-corrected chi connectivity index (χ2v) is 3.74. The first-order chi connectivity index (χ1) is 8.16. The van der Waals surface area contributed by atoms with Crippen LogP contribution in [0.4, 0.5) is 0 Å². The normalized spacial score (nSPS) is 10.9. The van der Waals surface area contributed by atoms with Gasteiger partial charge in [0.25, 0.3) is 0 Å². The van der Waals surface area contributed by atoms with Gasteiger partial charge in [0.15, 0.2) is 0 Å². The van der Waals surface area contributed by atoms with Gasteiger partial charge in [-0.15, -0.1) is 0 Å². The van der Waals surface area contributed by atoms with Crippen molar-refractivity contribution in [1.82, 2.24) is 9.78 Å². The number of nitrogens with zero attached hydrogens (tertiary/aromatic N) is 2. The lowest BCUT2D eigenvalue weighted by Gasteiger charge is -2.04. The number of benzene rings is 1. The third-order valence-corrected chi connectivity index (χ3v) is 2.44. The molecule has 2 rings (SSSR count). The lowest BCUT2D eigenvalue weighted by Crippen LogP contribution is -1.95. The van der Waals surface area contributed by atoms with Crippen molar-refractivity contribution in [2.45, 2.75) is 0 Å². The predicted octanol–water partition coefficient (Wildman–Crippen LogP) is 2.62. The molecule has 1 aromatic heterocycles. The maximum atomic E-state index is 10.4. The molecule has 0 aliphatic carbocycles. The molecule has 0 unspecified atom stereocenters. The summed E-state index contributed by atoms with van der Waals surface area (Å²) in [4.78, 5) is 10.4. The molecule has 0 amide bonds. The average molecular weight is 249 g/mol. The number of carboxylic acid groups (broad SMARTS) is 1. The zero-order valence-corrected chi connectivity index (χ0v) is 9.50. The summed E-state index contributed by atoms with van der Waals surface area (Å²) in [5.41, 5.74) is 1.48. The molecule has 86 valence electrons. The SMILES string of the molecule is O=C(O)/C=C/c1ccc(-n2cccn2)c(Cl)c1. The highest BCUT2D eigenvalue weighted by Crippen LogP contribution is 2.21. The molecule has 0 saturated heterocycles. The quantitative estimate of drug-likeness (QED) is 0.850. The van der Waals surface area contributed by atoms with Crippen molar-refractivity contribution in [3.63, 3.8) is 0 Å². The van der Waals surface area contributed by atoms with Gasteiger partial charge in [-0.25, -0.2) is 9.48 Å². The number of carbonyl (C=O) groups is 1. The van der Waals surface area contributed by atoms with E-state index in [-0.39, 0.29) is 0 Å². The van der Waals surface area contributed by atoms with E-state index in [4.69, 9.17) is 16.7 Å². The minimum atomic E-state index is -0.989. The molecule has 2 aromatic rings. The van der Waals surface area contributed by atoms with Crippen LogP contribution >= 0.6 is 11.6 Å². The summed E-state index contributed by atoms with van der Waals surface area (Å²) in [6.45, 7) is 0. The van der Waals surface area contributed by atoms with Gasteiger partial charge >= 0.3 is 5.97 Å². The van der Waals surface area contributed by atoms with Gasteiger partial charge in [0.2, 0.25) is 0 Å². The van der Waals surface area contributed by atoms with Gasteiger partial charge in [-0.05, 0) is 29.8 Å². The Labute approximate surface area is 103 Å². The Hall–Kier alpha value is -2.07. The van der Waals surface area contributed by atoms with Crippen molar-refractivity contribution in [2.24, 2.45) is 0 Å². The number of aliphatic carboxylic acids is 1. The first kappa shape index (κ1) is 11.4. The summed E-state index contributed by atoms with van der Waals surface area (Å²) in [7, 11) is 0. The molecule has 5 heteroatoms. The Morgan fingerprint density at radius 3 is 2.88 bits per heavy atom. The molecular formula is C12H9ClN2O2. The minimum Gasteiger partial charge on any atom is -0.478 e. The summed E-state index contributed by atoms with van der Waals surface area (Å²) in [6.07, 6.45) is 6.00. The molecule has 0 bridgehead atoms.